The van der Waals surface area contributed by atoms with Crippen LogP contribution in [0, 0.1) is 29.2 Å². The van der Waals surface area contributed by atoms with E-state index in [1.807, 2.05) is 79.3 Å². The van der Waals surface area contributed by atoms with Gasteiger partial charge >= 0.3 is 18.1 Å². The third-order valence-corrected chi connectivity index (χ3v) is 18.7. The molecule has 2 aliphatic heterocycles. The summed E-state index contributed by atoms with van der Waals surface area (Å²) in [6.07, 6.45) is 15.3. The van der Waals surface area contributed by atoms with E-state index in [4.69, 9.17) is 19.6 Å². The highest BCUT2D eigenvalue weighted by Crippen LogP contribution is 2.72. The Morgan fingerprint density at radius 3 is 2.40 bits per heavy atom. The predicted octanol–water partition coefficient (Wildman–Crippen LogP) is 10.4. The van der Waals surface area contributed by atoms with Gasteiger partial charge in [-0.3, -0.25) is 39.0 Å². The molecule has 4 fully saturated rings. The van der Waals surface area contributed by atoms with Crippen molar-refractivity contribution in [1.82, 2.24) is 34.9 Å². The Balaban J connectivity index is 0.660. The first-order valence-electron chi connectivity index (χ1n) is 30.0. The number of benzene rings is 3. The number of aromatic nitrogens is 4. The van der Waals surface area contributed by atoms with Crippen LogP contribution in [0.15, 0.2) is 97.2 Å². The molecule has 3 aromatic carbocycles. The van der Waals surface area contributed by atoms with E-state index in [-0.39, 0.29) is 83.2 Å². The van der Waals surface area contributed by atoms with Crippen molar-refractivity contribution in [3.8, 4) is 22.4 Å². The van der Waals surface area contributed by atoms with Crippen molar-refractivity contribution in [2.45, 2.75) is 104 Å². The number of urea groups is 1. The van der Waals surface area contributed by atoms with E-state index in [1.54, 1.807) is 42.4 Å². The monoisotopic (exact) mass is 1210 g/mol. The van der Waals surface area contributed by atoms with Crippen LogP contribution in [0.1, 0.15) is 106 Å². The molecular weight excluding hydrogens is 1140 g/mol. The predicted molar refractivity (Wildman–Crippen MR) is 336 cm³/mol. The Morgan fingerprint density at radius 2 is 1.62 bits per heavy atom. The molecule has 21 nitrogen and oxygen atoms in total. The zero-order chi connectivity index (χ0) is 62.0. The number of amides is 7. The average Bonchev–Trinajstić information content (AvgIpc) is 0.736. The number of nitrogens with zero attached hydrogens (tertiary/aromatic N) is 8. The van der Waals surface area contributed by atoms with Crippen LogP contribution in [0.25, 0.3) is 38.7 Å². The molecule has 6 aromatic rings. The van der Waals surface area contributed by atoms with Gasteiger partial charge in [0.05, 0.1) is 45.7 Å². The minimum Gasteiger partial charge on any atom is -0.476 e. The number of carboxylic acid groups (broad SMARTS) is 1. The second-order valence-electron chi connectivity index (χ2n) is 25.2. The summed E-state index contributed by atoms with van der Waals surface area (Å²) in [5.41, 5.74) is 6.18. The molecule has 459 valence electrons. The Kier molecular flexibility index (Phi) is 17.4. The number of carbonyl (C=O) groups is 7. The largest absolute Gasteiger partial charge is 0.476 e. The Bertz CT molecular complexity index is 3710. The minimum absolute atomic E-state index is 0.0269. The van der Waals surface area contributed by atoms with Gasteiger partial charge in [0, 0.05) is 112 Å². The van der Waals surface area contributed by atoms with Gasteiger partial charge in [-0.05, 0) is 129 Å². The standard InChI is InChI=1S/C66H74N11O10S/c1-43-48(47-20-21-49(70-58(47)59(82)83)45-19-22-51-52(34-45)75(29-28-73(51)4)61(84)72-60-71-50-16-8-9-17-53(50)88-60)35-68-77(43)42-65-37-63(2)36-64(3,38-65)40-66(39-63,41-65)87-32-30-74(5)62(85)86-31-12-14-44-13-11-15-46(33-44)69-55(79)25-26-67-54(78)18-7-6-10-27-76-56(80)23-24-57(76)81/h8-9,11-14,16-17,19-24,33-35H,6-7,10,18,25-32,36-42H2,1-5H3,(H,67,78)(H,69,79)(H,82,83)(H,71,72,84)/b14-12+. The molecule has 88 heavy (non-hydrogen) atoms. The molecule has 22 heteroatoms. The van der Waals surface area contributed by atoms with Gasteiger partial charge in [-0.1, -0.05) is 68.0 Å². The lowest BCUT2D eigenvalue weighted by molar-refractivity contribution is -0.248. The minimum atomic E-state index is -1.16. The van der Waals surface area contributed by atoms with Crippen LogP contribution in [0.4, 0.5) is 31.8 Å². The maximum absolute atomic E-state index is 13.8. The Labute approximate surface area is 515 Å². The zero-order valence-electron chi connectivity index (χ0n) is 50.4. The molecule has 12 rings (SSSR count). The molecule has 2 atom stereocenters. The van der Waals surface area contributed by atoms with Crippen LogP contribution < -0.4 is 25.8 Å². The van der Waals surface area contributed by atoms with Gasteiger partial charge in [-0.25, -0.2) is 24.4 Å². The van der Waals surface area contributed by atoms with E-state index in [2.05, 4.69) is 45.7 Å². The fraction of sp³-hybridized carbons (Fsp3) is 0.424. The molecule has 4 bridgehead atoms. The van der Waals surface area contributed by atoms with Crippen molar-refractivity contribution < 1.29 is 48.1 Å². The number of carbonyl (C=O) groups excluding carboxylic acids is 6. The second kappa shape index (κ2) is 25.1. The van der Waals surface area contributed by atoms with Crippen LogP contribution in [0.3, 0.4) is 0 Å². The topological polar surface area (TPSA) is 251 Å². The number of aromatic carboxylic acids is 1. The molecule has 4 aliphatic carbocycles. The summed E-state index contributed by atoms with van der Waals surface area (Å²) < 4.78 is 15.6. The normalized spacial score (nSPS) is 21.8. The van der Waals surface area contributed by atoms with E-state index in [9.17, 15) is 38.7 Å². The first-order valence-corrected chi connectivity index (χ1v) is 30.9. The smallest absolute Gasteiger partial charge is 0.409 e. The molecule has 2 unspecified atom stereocenters. The zero-order valence-corrected chi connectivity index (χ0v) is 51.2. The van der Waals surface area contributed by atoms with Crippen molar-refractivity contribution in [1.29, 1.82) is 0 Å². The van der Waals surface area contributed by atoms with Crippen LogP contribution in [-0.4, -0.2) is 142 Å². The number of hydrogen-bond donors (Lipinski definition) is 4. The number of likely N-dealkylation sites (N-methyl/N-ethyl adjacent to an activating group) is 2. The number of nitrogens with one attached hydrogen (secondary N) is 3. The first kappa shape index (κ1) is 60.9. The molecule has 4 saturated carbocycles. The van der Waals surface area contributed by atoms with Gasteiger partial charge in [0.15, 0.2) is 10.8 Å². The molecule has 0 spiro atoms. The maximum atomic E-state index is 13.8. The van der Waals surface area contributed by atoms with Gasteiger partial charge in [0.1, 0.15) is 6.61 Å². The summed E-state index contributed by atoms with van der Waals surface area (Å²) in [5, 5.41) is 24.7. The van der Waals surface area contributed by atoms with Crippen molar-refractivity contribution in [2.75, 3.05) is 80.5 Å². The summed E-state index contributed by atoms with van der Waals surface area (Å²) in [6, 6.07) is 25.0. The number of imide groups is 1. The molecular formula is C66H74N11O10S. The fourth-order valence-corrected chi connectivity index (χ4v) is 15.8. The molecule has 1 radical (unpaired) electrons. The van der Waals surface area contributed by atoms with E-state index in [1.165, 1.54) is 33.3 Å². The quantitative estimate of drug-likeness (QED) is 0.0344. The fourth-order valence-electron chi connectivity index (χ4n) is 14.9. The lowest BCUT2D eigenvalue weighted by atomic mass is 9.39. The van der Waals surface area contributed by atoms with Crippen molar-refractivity contribution in [3.63, 3.8) is 0 Å². The number of anilines is 4. The van der Waals surface area contributed by atoms with Gasteiger partial charge in [0.25, 0.3) is 11.8 Å². The summed E-state index contributed by atoms with van der Waals surface area (Å²) in [7, 11) is 3.68. The van der Waals surface area contributed by atoms with Crippen LogP contribution in [0.5, 0.6) is 0 Å². The van der Waals surface area contributed by atoms with Crippen LogP contribution in [0.2, 0.25) is 0 Å². The number of carboxylic acids is 1. The highest BCUT2D eigenvalue weighted by atomic mass is 32.1. The lowest BCUT2D eigenvalue weighted by Crippen LogP contribution is -2.64. The third-order valence-electron chi connectivity index (χ3n) is 17.7. The van der Waals surface area contributed by atoms with Crippen molar-refractivity contribution >= 4 is 91.5 Å². The van der Waals surface area contributed by atoms with E-state index < -0.39 is 12.1 Å². The maximum Gasteiger partial charge on any atom is 0.409 e. The molecule has 6 aliphatic rings. The number of hydrogen-bond acceptors (Lipinski definition) is 14. The van der Waals surface area contributed by atoms with Gasteiger partial charge in [0.2, 0.25) is 11.8 Å². The third kappa shape index (κ3) is 13.5. The molecule has 0 saturated heterocycles. The Hall–Kier alpha value is -8.76. The average molecular weight is 1210 g/mol. The lowest BCUT2D eigenvalue weighted by Gasteiger charge is -2.69. The second-order valence-corrected chi connectivity index (χ2v) is 26.2. The summed E-state index contributed by atoms with van der Waals surface area (Å²) in [6.45, 7) is 9.65. The van der Waals surface area contributed by atoms with Crippen LogP contribution in [-0.2, 0) is 35.2 Å². The summed E-state index contributed by atoms with van der Waals surface area (Å²) >= 11 is 1.41. The molecule has 5 heterocycles. The molecule has 4 N–H and O–H groups in total. The molecule has 3 aromatic heterocycles. The SMILES string of the molecule is Cc1c(-c2ccc(-c3ccc4c(c3)N(C(=O)Nc3nc5ccccc5s3)CCN4C)nc2C(=O)O)cnn1CC12CC3(C)CC(C)(C1)CC(OCCN(C)C(=O)OC/C=C/c1cc[c]c(NC(=O)CCNC(=O)CCCCCN4C(=O)C=CC4=O)c1)(C3)C2. The van der Waals surface area contributed by atoms with Gasteiger partial charge in [-0.2, -0.15) is 5.10 Å². The summed E-state index contributed by atoms with van der Waals surface area (Å²) in [4.78, 5) is 104. The van der Waals surface area contributed by atoms with Crippen molar-refractivity contribution in [2.24, 2.45) is 16.2 Å². The number of unbranched alkanes of at least 4 members (excludes halogenated alkanes) is 2. The molecule has 7 amide bonds. The summed E-state index contributed by atoms with van der Waals surface area (Å²) in [5.74, 6) is -2.25. The number of para-hydroxylation sites is 1. The highest BCUT2D eigenvalue weighted by molar-refractivity contribution is 7.22. The van der Waals surface area contributed by atoms with Crippen molar-refractivity contribution in [3.05, 3.63) is 120 Å². The first-order chi connectivity index (χ1) is 42.2. The highest BCUT2D eigenvalue weighted by Gasteiger charge is 2.66. The van der Waals surface area contributed by atoms with E-state index >= 15 is 0 Å². The van der Waals surface area contributed by atoms with E-state index in [0.29, 0.717) is 97.5 Å². The number of thiazole rings is 1. The number of rotatable bonds is 23. The number of pyridine rings is 1. The van der Waals surface area contributed by atoms with Gasteiger partial charge in [-0.15, -0.1) is 0 Å². The number of fused-ring (bicyclic) bond motifs is 2. The van der Waals surface area contributed by atoms with E-state index in [0.717, 1.165) is 65.7 Å². The van der Waals surface area contributed by atoms with Crippen LogP contribution >= 0.6 is 11.3 Å². The number of ether oxygens (including phenoxy) is 2. The Morgan fingerprint density at radius 1 is 0.841 bits per heavy atom. The van der Waals surface area contributed by atoms with Gasteiger partial charge < -0.3 is 35.0 Å².